The summed E-state index contributed by atoms with van der Waals surface area (Å²) < 4.78 is 168. The van der Waals surface area contributed by atoms with Crippen LogP contribution in [0.3, 0.4) is 0 Å². The first-order valence-electron chi connectivity index (χ1n) is 9.79. The molecular formula is C22H12F12N2O2. The number of ether oxygens (including phenoxy) is 2. The molecule has 0 saturated carbocycles. The van der Waals surface area contributed by atoms with E-state index in [1.54, 1.807) is 0 Å². The highest BCUT2D eigenvalue weighted by Gasteiger charge is 2.41. The summed E-state index contributed by atoms with van der Waals surface area (Å²) in [5, 5.41) is 0. The van der Waals surface area contributed by atoms with Gasteiger partial charge in [-0.15, -0.1) is 0 Å². The van der Waals surface area contributed by atoms with Crippen molar-refractivity contribution in [3.63, 3.8) is 0 Å². The number of halogens is 12. The molecule has 0 unspecified atom stereocenters. The summed E-state index contributed by atoms with van der Waals surface area (Å²) in [6, 6.07) is 3.28. The van der Waals surface area contributed by atoms with Crippen LogP contribution in [0, 0.1) is 0 Å². The molecule has 4 nitrogen and oxygen atoms in total. The third-order valence-electron chi connectivity index (χ3n) is 4.80. The molecule has 0 aliphatic carbocycles. The summed E-state index contributed by atoms with van der Waals surface area (Å²) in [5.41, 5.74) is 1.21. The maximum Gasteiger partial charge on any atom is 0.420 e. The highest BCUT2D eigenvalue weighted by Crippen LogP contribution is 2.46. The lowest BCUT2D eigenvalue weighted by Gasteiger charge is -2.19. The van der Waals surface area contributed by atoms with Crippen LogP contribution in [0.4, 0.5) is 64.1 Å². The Balaban J connectivity index is 1.98. The first kappa shape index (κ1) is 28.6. The van der Waals surface area contributed by atoms with Crippen LogP contribution in [0.5, 0.6) is 23.0 Å². The van der Waals surface area contributed by atoms with Crippen molar-refractivity contribution >= 4 is 11.4 Å². The molecule has 0 heterocycles. The Morgan fingerprint density at radius 1 is 0.421 bits per heavy atom. The largest absolute Gasteiger partial charge is 0.457 e. The van der Waals surface area contributed by atoms with E-state index >= 15 is 0 Å². The van der Waals surface area contributed by atoms with Gasteiger partial charge in [0.25, 0.3) is 0 Å². The van der Waals surface area contributed by atoms with Crippen molar-refractivity contribution in [2.45, 2.75) is 24.7 Å². The van der Waals surface area contributed by atoms with E-state index in [2.05, 4.69) is 0 Å². The summed E-state index contributed by atoms with van der Waals surface area (Å²) in [4.78, 5) is 0. The fourth-order valence-electron chi connectivity index (χ4n) is 3.13. The van der Waals surface area contributed by atoms with Gasteiger partial charge in [-0.1, -0.05) is 0 Å². The third-order valence-corrected chi connectivity index (χ3v) is 4.80. The number of rotatable bonds is 4. The van der Waals surface area contributed by atoms with Crippen LogP contribution in [-0.4, -0.2) is 0 Å². The number of nitrogen functional groups attached to an aromatic ring is 2. The van der Waals surface area contributed by atoms with E-state index in [0.29, 0.717) is 0 Å². The highest BCUT2D eigenvalue weighted by atomic mass is 19.4. The van der Waals surface area contributed by atoms with Gasteiger partial charge >= 0.3 is 24.7 Å². The normalized spacial score (nSPS) is 12.9. The first-order chi connectivity index (χ1) is 17.2. The minimum atomic E-state index is -5.18. The average molecular weight is 564 g/mol. The van der Waals surface area contributed by atoms with Crippen molar-refractivity contribution in [1.29, 1.82) is 0 Å². The number of anilines is 2. The first-order valence-corrected chi connectivity index (χ1v) is 9.79. The maximum atomic E-state index is 13.3. The number of alkyl halides is 12. The zero-order valence-corrected chi connectivity index (χ0v) is 18.1. The highest BCUT2D eigenvalue weighted by molar-refractivity contribution is 5.59. The molecule has 0 aliphatic heterocycles. The van der Waals surface area contributed by atoms with Gasteiger partial charge in [0.05, 0.1) is 11.1 Å². The van der Waals surface area contributed by atoms with Crippen molar-refractivity contribution in [2.24, 2.45) is 0 Å². The molecule has 16 heteroatoms. The molecule has 206 valence electrons. The molecule has 4 N–H and O–H groups in total. The topological polar surface area (TPSA) is 70.5 Å². The van der Waals surface area contributed by atoms with Crippen LogP contribution in [0.25, 0.3) is 0 Å². The summed E-state index contributed by atoms with van der Waals surface area (Å²) in [6.07, 6.45) is -20.6. The smallest absolute Gasteiger partial charge is 0.420 e. The Labute approximate surface area is 204 Å². The Bertz CT molecular complexity index is 1220. The molecule has 0 amide bonds. The van der Waals surface area contributed by atoms with Gasteiger partial charge in [-0.25, -0.2) is 0 Å². The minimum Gasteiger partial charge on any atom is -0.457 e. The van der Waals surface area contributed by atoms with Crippen LogP contribution >= 0.6 is 0 Å². The van der Waals surface area contributed by atoms with Gasteiger partial charge in [-0.3, -0.25) is 0 Å². The van der Waals surface area contributed by atoms with E-state index < -0.39 is 81.3 Å². The Kier molecular flexibility index (Phi) is 7.07. The molecule has 3 aromatic rings. The van der Waals surface area contributed by atoms with Crippen LogP contribution < -0.4 is 20.9 Å². The lowest BCUT2D eigenvalue weighted by Crippen LogP contribution is -2.14. The van der Waals surface area contributed by atoms with E-state index in [1.807, 2.05) is 0 Å². The monoisotopic (exact) mass is 564 g/mol. The number of benzene rings is 3. The predicted molar refractivity (Wildman–Crippen MR) is 108 cm³/mol. The Morgan fingerprint density at radius 2 is 0.684 bits per heavy atom. The van der Waals surface area contributed by atoms with Gasteiger partial charge in [0.2, 0.25) is 0 Å². The second-order valence-electron chi connectivity index (χ2n) is 7.54. The molecule has 3 rings (SSSR count). The lowest BCUT2D eigenvalue weighted by molar-refractivity contribution is -0.141. The number of hydrogen-bond donors (Lipinski definition) is 2. The van der Waals surface area contributed by atoms with E-state index in [9.17, 15) is 52.7 Å². The van der Waals surface area contributed by atoms with Gasteiger partial charge < -0.3 is 20.9 Å². The van der Waals surface area contributed by atoms with E-state index in [1.165, 1.54) is 0 Å². The molecule has 0 aliphatic rings. The van der Waals surface area contributed by atoms with Crippen molar-refractivity contribution in [2.75, 3.05) is 11.5 Å². The van der Waals surface area contributed by atoms with Crippen LogP contribution in [0.2, 0.25) is 0 Å². The zero-order chi connectivity index (χ0) is 28.8. The Hall–Kier alpha value is -3.98. The SMILES string of the molecule is Nc1cc(C(F)(F)F)c(Oc2ccc(Oc3cc(C(F)(F)F)c(N)cc3C(F)(F)F)cc2)cc1C(F)(F)F. The average Bonchev–Trinajstić information content (AvgIpc) is 2.74. The predicted octanol–water partition coefficient (Wildman–Crippen LogP) is 8.51. The van der Waals surface area contributed by atoms with Gasteiger partial charge in [-0.05, 0) is 48.5 Å². The van der Waals surface area contributed by atoms with E-state index in [-0.39, 0.29) is 24.3 Å². The van der Waals surface area contributed by atoms with Crippen LogP contribution in [0.1, 0.15) is 22.3 Å². The van der Waals surface area contributed by atoms with Crippen molar-refractivity contribution in [3.8, 4) is 23.0 Å². The van der Waals surface area contributed by atoms with Crippen molar-refractivity contribution < 1.29 is 62.2 Å². The quantitative estimate of drug-likeness (QED) is 0.246. The molecule has 0 atom stereocenters. The fraction of sp³-hybridized carbons (Fsp3) is 0.182. The minimum absolute atomic E-state index is 0.0191. The molecule has 0 saturated heterocycles. The van der Waals surface area contributed by atoms with E-state index in [4.69, 9.17) is 20.9 Å². The second-order valence-corrected chi connectivity index (χ2v) is 7.54. The molecule has 0 radical (unpaired) electrons. The fourth-order valence-corrected chi connectivity index (χ4v) is 3.13. The number of nitrogens with two attached hydrogens (primary N) is 2. The van der Waals surface area contributed by atoms with Crippen LogP contribution in [0.15, 0.2) is 48.5 Å². The second kappa shape index (κ2) is 9.40. The van der Waals surface area contributed by atoms with Crippen molar-refractivity contribution in [1.82, 2.24) is 0 Å². The molecule has 0 fully saturated rings. The maximum absolute atomic E-state index is 13.3. The summed E-state index contributed by atoms with van der Waals surface area (Å²) in [5.74, 6) is -3.63. The summed E-state index contributed by atoms with van der Waals surface area (Å²) in [7, 11) is 0. The van der Waals surface area contributed by atoms with E-state index in [0.717, 1.165) is 24.3 Å². The van der Waals surface area contributed by atoms with Gasteiger partial charge in [0.1, 0.15) is 34.1 Å². The lowest BCUT2D eigenvalue weighted by atomic mass is 10.1. The van der Waals surface area contributed by atoms with Gasteiger partial charge in [0.15, 0.2) is 0 Å². The van der Waals surface area contributed by atoms with Gasteiger partial charge in [-0.2, -0.15) is 52.7 Å². The molecule has 38 heavy (non-hydrogen) atoms. The third kappa shape index (κ3) is 6.28. The molecule has 0 spiro atoms. The molecule has 0 aromatic heterocycles. The zero-order valence-electron chi connectivity index (χ0n) is 18.1. The summed E-state index contributed by atoms with van der Waals surface area (Å²) >= 11 is 0. The molecule has 0 bridgehead atoms. The summed E-state index contributed by atoms with van der Waals surface area (Å²) in [6.45, 7) is 0. The molecule has 3 aromatic carbocycles. The van der Waals surface area contributed by atoms with Gasteiger partial charge in [0, 0.05) is 11.4 Å². The van der Waals surface area contributed by atoms with Crippen molar-refractivity contribution in [3.05, 3.63) is 70.8 Å². The Morgan fingerprint density at radius 3 is 0.921 bits per heavy atom. The number of hydrogen-bond acceptors (Lipinski definition) is 4. The standard InChI is InChI=1S/C22H12F12N2O2/c23-19(24,25)11-7-17(13(5-15(11)35)21(29,30)31)37-9-1-2-10(4-3-9)38-18-8-12(20(26,27)28)16(36)6-14(18)22(32,33)34/h1-8H,35-36H2. The molecular weight excluding hydrogens is 552 g/mol. The van der Waals surface area contributed by atoms with Crippen LogP contribution in [-0.2, 0) is 24.7 Å².